The van der Waals surface area contributed by atoms with Crippen molar-refractivity contribution in [2.45, 2.75) is 302 Å². The average Bonchev–Trinajstić information content (AvgIpc) is 3.23. The molecule has 58 heavy (non-hydrogen) atoms. The van der Waals surface area contributed by atoms with Gasteiger partial charge in [0.15, 0.2) is 0 Å². The summed E-state index contributed by atoms with van der Waals surface area (Å²) < 4.78 is 0. The number of carbonyl (C=O) groups excluding carboxylic acids is 1. The highest BCUT2D eigenvalue weighted by atomic mass is 16.3. The molecule has 0 radical (unpaired) electrons. The van der Waals surface area contributed by atoms with E-state index >= 15 is 0 Å². The van der Waals surface area contributed by atoms with Crippen molar-refractivity contribution < 1.29 is 20.1 Å². The largest absolute Gasteiger partial charge is 0.394 e. The molecule has 0 saturated carbocycles. The molecule has 0 spiro atoms. The van der Waals surface area contributed by atoms with E-state index in [1.165, 1.54) is 212 Å². The third-order valence-electron chi connectivity index (χ3n) is 12.3. The monoisotopic (exact) mass is 818 g/mol. The Morgan fingerprint density at radius 1 is 0.414 bits per heavy atom. The highest BCUT2D eigenvalue weighted by Crippen LogP contribution is 2.17. The number of aliphatic hydroxyl groups is 3. The molecule has 1 amide bonds. The zero-order valence-corrected chi connectivity index (χ0v) is 39.2. The van der Waals surface area contributed by atoms with E-state index in [1.54, 1.807) is 0 Å². The summed E-state index contributed by atoms with van der Waals surface area (Å²) in [6, 6.07) is -0.829. The van der Waals surface area contributed by atoms with Crippen LogP contribution >= 0.6 is 0 Å². The Hall–Kier alpha value is -1.17. The van der Waals surface area contributed by atoms with Gasteiger partial charge in [-0.15, -0.1) is 0 Å². The molecule has 0 aromatic rings. The second-order valence-electron chi connectivity index (χ2n) is 18.1. The van der Waals surface area contributed by atoms with Crippen molar-refractivity contribution in [3.05, 3.63) is 24.3 Å². The van der Waals surface area contributed by atoms with Crippen LogP contribution in [-0.4, -0.2) is 46.1 Å². The molecule has 5 nitrogen and oxygen atoms in total. The van der Waals surface area contributed by atoms with Crippen LogP contribution in [0.3, 0.4) is 0 Å². The minimum absolute atomic E-state index is 0.153. The minimum Gasteiger partial charge on any atom is -0.394 e. The van der Waals surface area contributed by atoms with Gasteiger partial charge in [0.1, 0.15) is 6.10 Å². The molecule has 0 aromatic heterocycles. The fourth-order valence-corrected chi connectivity index (χ4v) is 8.24. The van der Waals surface area contributed by atoms with Crippen LogP contribution in [0.5, 0.6) is 0 Å². The molecule has 0 bridgehead atoms. The maximum absolute atomic E-state index is 12.5. The van der Waals surface area contributed by atoms with Gasteiger partial charge in [0, 0.05) is 6.42 Å². The molecule has 0 aromatic carbocycles. The van der Waals surface area contributed by atoms with Crippen LogP contribution in [0.4, 0.5) is 0 Å². The molecule has 0 aliphatic rings. The highest BCUT2D eigenvalue weighted by Gasteiger charge is 2.26. The number of carbonyl (C=O) groups is 1. The Morgan fingerprint density at radius 2 is 0.707 bits per heavy atom. The van der Waals surface area contributed by atoms with Crippen molar-refractivity contribution in [2.75, 3.05) is 6.61 Å². The second-order valence-corrected chi connectivity index (χ2v) is 18.1. The quantitative estimate of drug-likeness (QED) is 0.0364. The fourth-order valence-electron chi connectivity index (χ4n) is 8.24. The lowest BCUT2D eigenvalue weighted by molar-refractivity contribution is -0.124. The summed E-state index contributed by atoms with van der Waals surface area (Å²) in [6.45, 7) is 4.19. The van der Waals surface area contributed by atoms with Crippen LogP contribution < -0.4 is 5.32 Å². The topological polar surface area (TPSA) is 89.8 Å². The lowest BCUT2D eigenvalue weighted by atomic mass is 10.0. The molecule has 3 unspecified atom stereocenters. The Morgan fingerprint density at radius 3 is 1.05 bits per heavy atom. The summed E-state index contributed by atoms with van der Waals surface area (Å²) in [7, 11) is 0. The van der Waals surface area contributed by atoms with Crippen molar-refractivity contribution in [3.63, 3.8) is 0 Å². The van der Waals surface area contributed by atoms with E-state index in [4.69, 9.17) is 0 Å². The van der Waals surface area contributed by atoms with E-state index in [0.717, 1.165) is 44.9 Å². The van der Waals surface area contributed by atoms with Crippen LogP contribution in [0.1, 0.15) is 284 Å². The first-order valence-corrected chi connectivity index (χ1v) is 26.1. The number of unbranched alkanes of at least 4 members (excludes halogenated alkanes) is 36. The van der Waals surface area contributed by atoms with Crippen LogP contribution in [0, 0.1) is 0 Å². The summed E-state index contributed by atoms with van der Waals surface area (Å²) in [4.78, 5) is 12.5. The molecular weight excluding hydrogens is 715 g/mol. The predicted molar refractivity (Wildman–Crippen MR) is 255 cm³/mol. The van der Waals surface area contributed by atoms with Crippen molar-refractivity contribution in [1.29, 1.82) is 0 Å². The van der Waals surface area contributed by atoms with Crippen molar-refractivity contribution in [1.82, 2.24) is 5.32 Å². The molecule has 0 aliphatic carbocycles. The molecule has 344 valence electrons. The Labute approximate surface area is 362 Å². The number of amides is 1. The number of rotatable bonds is 48. The summed E-state index contributed by atoms with van der Waals surface area (Å²) in [6.07, 6.45) is 60.4. The maximum atomic E-state index is 12.5. The number of aliphatic hydroxyl groups excluding tert-OH is 3. The van der Waals surface area contributed by atoms with Gasteiger partial charge in [-0.25, -0.2) is 0 Å². The van der Waals surface area contributed by atoms with Gasteiger partial charge in [0.25, 0.3) is 0 Å². The third kappa shape index (κ3) is 42.9. The van der Waals surface area contributed by atoms with Gasteiger partial charge in [0.05, 0.1) is 18.8 Å². The summed E-state index contributed by atoms with van der Waals surface area (Å²) in [5.41, 5.74) is 0. The van der Waals surface area contributed by atoms with E-state index in [0.29, 0.717) is 12.8 Å². The Bertz CT molecular complexity index is 859. The van der Waals surface area contributed by atoms with Gasteiger partial charge in [-0.05, 0) is 51.4 Å². The van der Waals surface area contributed by atoms with Crippen LogP contribution in [0.25, 0.3) is 0 Å². The molecule has 3 atom stereocenters. The van der Waals surface area contributed by atoms with E-state index in [2.05, 4.69) is 43.5 Å². The van der Waals surface area contributed by atoms with Gasteiger partial charge in [-0.2, -0.15) is 0 Å². The molecule has 0 saturated heterocycles. The van der Waals surface area contributed by atoms with Crippen molar-refractivity contribution in [2.24, 2.45) is 0 Å². The Balaban J connectivity index is 3.56. The normalized spacial score (nSPS) is 13.5. The number of hydrogen-bond donors (Lipinski definition) is 4. The van der Waals surface area contributed by atoms with Gasteiger partial charge in [0.2, 0.25) is 5.91 Å². The lowest BCUT2D eigenvalue weighted by Crippen LogP contribution is -2.50. The smallest absolute Gasteiger partial charge is 0.220 e. The SMILES string of the molecule is CCCCCCCCCC/C=C/CC/C=C/CCCC(O)C(O)C(CO)NC(=O)CCCCCCCCCCCCCCCCCCCCCCCCCCCCC. The number of hydrogen-bond acceptors (Lipinski definition) is 4. The zero-order valence-electron chi connectivity index (χ0n) is 39.2. The first-order chi connectivity index (χ1) is 28.6. The average molecular weight is 818 g/mol. The fraction of sp³-hybridized carbons (Fsp3) is 0.906. The first-order valence-electron chi connectivity index (χ1n) is 26.1. The van der Waals surface area contributed by atoms with Crippen LogP contribution in [-0.2, 0) is 4.79 Å². The van der Waals surface area contributed by atoms with E-state index < -0.39 is 18.2 Å². The third-order valence-corrected chi connectivity index (χ3v) is 12.3. The molecule has 0 rings (SSSR count). The van der Waals surface area contributed by atoms with Crippen molar-refractivity contribution >= 4 is 5.91 Å². The number of allylic oxidation sites excluding steroid dienone is 4. The minimum atomic E-state index is -1.16. The first kappa shape index (κ1) is 56.8. The number of nitrogens with one attached hydrogen (secondary N) is 1. The standard InChI is InChI=1S/C53H103NO4/c1-3-5-7-9-11-13-15-17-19-21-22-23-24-25-26-27-28-29-30-32-34-36-38-40-42-44-46-48-52(57)54-50(49-55)53(58)51(56)47-45-43-41-39-37-35-33-31-20-18-16-14-12-10-8-6-4-2/h31,33,39,41,50-51,53,55-56,58H,3-30,32,34-38,40,42-49H2,1-2H3,(H,54,57)/b33-31+,41-39+. The van der Waals surface area contributed by atoms with Crippen LogP contribution in [0.2, 0.25) is 0 Å². The highest BCUT2D eigenvalue weighted by molar-refractivity contribution is 5.76. The summed E-state index contributed by atoms with van der Waals surface area (Å²) in [5.74, 6) is -0.153. The van der Waals surface area contributed by atoms with Crippen molar-refractivity contribution in [3.8, 4) is 0 Å². The lowest BCUT2D eigenvalue weighted by Gasteiger charge is -2.26. The van der Waals surface area contributed by atoms with Gasteiger partial charge >= 0.3 is 0 Å². The molecular formula is C53H103NO4. The molecule has 0 fully saturated rings. The van der Waals surface area contributed by atoms with Gasteiger partial charge < -0.3 is 20.6 Å². The van der Waals surface area contributed by atoms with E-state index in [9.17, 15) is 20.1 Å². The zero-order chi connectivity index (χ0) is 42.3. The molecule has 5 heteroatoms. The summed E-state index contributed by atoms with van der Waals surface area (Å²) >= 11 is 0. The Kier molecular flexibility index (Phi) is 47.5. The van der Waals surface area contributed by atoms with Gasteiger partial charge in [-0.1, -0.05) is 250 Å². The predicted octanol–water partition coefficient (Wildman–Crippen LogP) is 15.7. The molecule has 0 aliphatic heterocycles. The van der Waals surface area contributed by atoms with E-state index in [-0.39, 0.29) is 12.5 Å². The van der Waals surface area contributed by atoms with Crippen LogP contribution in [0.15, 0.2) is 24.3 Å². The van der Waals surface area contributed by atoms with E-state index in [1.807, 2.05) is 0 Å². The maximum Gasteiger partial charge on any atom is 0.220 e. The molecule has 0 heterocycles. The van der Waals surface area contributed by atoms with Gasteiger partial charge in [-0.3, -0.25) is 4.79 Å². The molecule has 4 N–H and O–H groups in total. The summed E-state index contributed by atoms with van der Waals surface area (Å²) in [5, 5.41) is 33.6. The second kappa shape index (κ2) is 48.5.